The zero-order chi connectivity index (χ0) is 23.0. The highest BCUT2D eigenvalue weighted by atomic mass is 35.5. The highest BCUT2D eigenvalue weighted by molar-refractivity contribution is 6.33. The van der Waals surface area contributed by atoms with Gasteiger partial charge in [0.2, 0.25) is 0 Å². The molecule has 2 aromatic carbocycles. The van der Waals surface area contributed by atoms with Crippen LogP contribution >= 0.6 is 11.6 Å². The zero-order valence-electron chi connectivity index (χ0n) is 17.4. The average molecular weight is 470 g/mol. The fourth-order valence-electron chi connectivity index (χ4n) is 3.95. The van der Waals surface area contributed by atoms with Crippen molar-refractivity contribution in [3.05, 3.63) is 94.5 Å². The number of fused-ring (bicyclic) bond motifs is 1. The number of hydrogen-bond acceptors (Lipinski definition) is 4. The molecule has 0 radical (unpaired) electrons. The van der Waals surface area contributed by atoms with E-state index in [0.717, 1.165) is 47.7 Å². The van der Waals surface area contributed by atoms with Crippen LogP contribution in [0, 0.1) is 0 Å². The van der Waals surface area contributed by atoms with Gasteiger partial charge in [0.05, 0.1) is 22.8 Å². The molecular formula is C25H19ClF3N3O. The summed E-state index contributed by atoms with van der Waals surface area (Å²) in [5.41, 5.74) is 2.55. The SMILES string of the molecule is FC(F)(F)c1ccc(Cl)c(-c2ccc(CN3CCc4nc(-c5ccccc5)ncc4C3)o2)c1. The lowest BCUT2D eigenvalue weighted by Crippen LogP contribution is -2.30. The molecule has 0 amide bonds. The minimum absolute atomic E-state index is 0.210. The van der Waals surface area contributed by atoms with Crippen molar-refractivity contribution in [1.29, 1.82) is 0 Å². The summed E-state index contributed by atoms with van der Waals surface area (Å²) in [6.45, 7) is 1.99. The molecule has 0 spiro atoms. The highest BCUT2D eigenvalue weighted by Gasteiger charge is 2.31. The normalized spacial score (nSPS) is 14.3. The summed E-state index contributed by atoms with van der Waals surface area (Å²) in [5, 5.41) is 0.210. The van der Waals surface area contributed by atoms with E-state index in [2.05, 4.69) is 9.88 Å². The summed E-state index contributed by atoms with van der Waals surface area (Å²) in [6, 6.07) is 16.5. The van der Waals surface area contributed by atoms with E-state index >= 15 is 0 Å². The third-order valence-corrected chi connectivity index (χ3v) is 5.97. The molecule has 1 aliphatic rings. The van der Waals surface area contributed by atoms with Crippen LogP contribution in [0.5, 0.6) is 0 Å². The minimum Gasteiger partial charge on any atom is -0.460 e. The molecular weight excluding hydrogens is 451 g/mol. The maximum Gasteiger partial charge on any atom is 0.416 e. The third kappa shape index (κ3) is 4.65. The van der Waals surface area contributed by atoms with Crippen LogP contribution in [0.15, 0.2) is 71.3 Å². The summed E-state index contributed by atoms with van der Waals surface area (Å²) >= 11 is 6.14. The van der Waals surface area contributed by atoms with E-state index in [4.69, 9.17) is 21.0 Å². The fraction of sp³-hybridized carbons (Fsp3) is 0.200. The van der Waals surface area contributed by atoms with Gasteiger partial charge in [-0.1, -0.05) is 41.9 Å². The van der Waals surface area contributed by atoms with Crippen molar-refractivity contribution in [2.75, 3.05) is 6.54 Å². The van der Waals surface area contributed by atoms with Crippen molar-refractivity contribution in [1.82, 2.24) is 14.9 Å². The van der Waals surface area contributed by atoms with Crippen LogP contribution in [0.2, 0.25) is 5.02 Å². The van der Waals surface area contributed by atoms with E-state index in [1.54, 1.807) is 12.1 Å². The molecule has 0 saturated carbocycles. The Kier molecular flexibility index (Phi) is 5.68. The van der Waals surface area contributed by atoms with Gasteiger partial charge in [0.1, 0.15) is 11.5 Å². The van der Waals surface area contributed by atoms with Gasteiger partial charge < -0.3 is 4.42 Å². The predicted octanol–water partition coefficient (Wildman–Crippen LogP) is 6.63. The first-order valence-electron chi connectivity index (χ1n) is 10.5. The fourth-order valence-corrected chi connectivity index (χ4v) is 4.17. The quantitative estimate of drug-likeness (QED) is 0.336. The number of hydrogen-bond donors (Lipinski definition) is 0. The monoisotopic (exact) mass is 469 g/mol. The molecule has 4 nitrogen and oxygen atoms in total. The van der Waals surface area contributed by atoms with Gasteiger partial charge in [-0.3, -0.25) is 4.90 Å². The van der Waals surface area contributed by atoms with Gasteiger partial charge in [-0.2, -0.15) is 13.2 Å². The van der Waals surface area contributed by atoms with Crippen molar-refractivity contribution >= 4 is 11.6 Å². The number of alkyl halides is 3. The van der Waals surface area contributed by atoms with Crippen molar-refractivity contribution in [2.45, 2.75) is 25.7 Å². The van der Waals surface area contributed by atoms with Gasteiger partial charge in [0.15, 0.2) is 5.82 Å². The van der Waals surface area contributed by atoms with E-state index < -0.39 is 11.7 Å². The van der Waals surface area contributed by atoms with Gasteiger partial charge in [-0.05, 0) is 30.3 Å². The van der Waals surface area contributed by atoms with Crippen molar-refractivity contribution in [2.24, 2.45) is 0 Å². The third-order valence-electron chi connectivity index (χ3n) is 5.65. The van der Waals surface area contributed by atoms with Gasteiger partial charge in [-0.15, -0.1) is 0 Å². The Morgan fingerprint density at radius 3 is 2.64 bits per heavy atom. The molecule has 33 heavy (non-hydrogen) atoms. The molecule has 0 unspecified atom stereocenters. The zero-order valence-corrected chi connectivity index (χ0v) is 18.2. The molecule has 0 bridgehead atoms. The first-order chi connectivity index (χ1) is 15.9. The molecule has 168 valence electrons. The van der Waals surface area contributed by atoms with Gasteiger partial charge in [-0.25, -0.2) is 9.97 Å². The van der Waals surface area contributed by atoms with Gasteiger partial charge in [0.25, 0.3) is 0 Å². The van der Waals surface area contributed by atoms with Gasteiger partial charge >= 0.3 is 6.18 Å². The van der Waals surface area contributed by atoms with E-state index in [9.17, 15) is 13.2 Å². The summed E-state index contributed by atoms with van der Waals surface area (Å²) in [7, 11) is 0. The lowest BCUT2D eigenvalue weighted by molar-refractivity contribution is -0.137. The van der Waals surface area contributed by atoms with E-state index in [0.29, 0.717) is 24.6 Å². The molecule has 5 rings (SSSR count). The number of nitrogens with zero attached hydrogens (tertiary/aromatic N) is 3. The minimum atomic E-state index is -4.45. The summed E-state index contributed by atoms with van der Waals surface area (Å²) < 4.78 is 45.1. The predicted molar refractivity (Wildman–Crippen MR) is 119 cm³/mol. The van der Waals surface area contributed by atoms with E-state index in [1.807, 2.05) is 36.5 Å². The van der Waals surface area contributed by atoms with E-state index in [1.165, 1.54) is 6.07 Å². The largest absolute Gasteiger partial charge is 0.460 e. The molecule has 0 N–H and O–H groups in total. The van der Waals surface area contributed by atoms with Crippen LogP contribution in [-0.4, -0.2) is 21.4 Å². The summed E-state index contributed by atoms with van der Waals surface area (Å²) in [5.74, 6) is 1.69. The molecule has 3 heterocycles. The number of rotatable bonds is 4. The Morgan fingerprint density at radius 2 is 1.85 bits per heavy atom. The van der Waals surface area contributed by atoms with Crippen molar-refractivity contribution in [3.8, 4) is 22.7 Å². The lowest BCUT2D eigenvalue weighted by atomic mass is 10.1. The average Bonchev–Trinajstić information content (AvgIpc) is 3.27. The smallest absolute Gasteiger partial charge is 0.416 e. The Hall–Kier alpha value is -3.16. The van der Waals surface area contributed by atoms with E-state index in [-0.39, 0.29) is 10.6 Å². The lowest BCUT2D eigenvalue weighted by Gasteiger charge is -2.27. The molecule has 8 heteroatoms. The molecule has 4 aromatic rings. The first kappa shape index (κ1) is 21.7. The molecule has 0 saturated heterocycles. The first-order valence-corrected chi connectivity index (χ1v) is 10.8. The second-order valence-corrected chi connectivity index (χ2v) is 8.36. The molecule has 0 aliphatic carbocycles. The Bertz CT molecular complexity index is 1290. The van der Waals surface area contributed by atoms with Crippen LogP contribution in [0.3, 0.4) is 0 Å². The number of benzene rings is 2. The van der Waals surface area contributed by atoms with Crippen LogP contribution < -0.4 is 0 Å². The van der Waals surface area contributed by atoms with Crippen LogP contribution in [0.25, 0.3) is 22.7 Å². The maximum absolute atomic E-state index is 13.1. The Balaban J connectivity index is 1.31. The second-order valence-electron chi connectivity index (χ2n) is 7.95. The number of furan rings is 1. The van der Waals surface area contributed by atoms with Crippen LogP contribution in [0.4, 0.5) is 13.2 Å². The maximum atomic E-state index is 13.1. The van der Waals surface area contributed by atoms with Gasteiger partial charge in [0, 0.05) is 42.4 Å². The highest BCUT2D eigenvalue weighted by Crippen LogP contribution is 2.36. The molecule has 0 fully saturated rings. The summed E-state index contributed by atoms with van der Waals surface area (Å²) in [6.07, 6.45) is -1.80. The standard InChI is InChI=1S/C25H19ClF3N3O/c26-21-8-6-18(25(27,28)29)12-20(21)23-9-7-19(33-23)15-32-11-10-22-17(14-32)13-30-24(31-22)16-4-2-1-3-5-16/h1-9,12-13H,10-11,14-15H2. The topological polar surface area (TPSA) is 42.2 Å². The number of halogens is 4. The van der Waals surface area contributed by atoms with Crippen LogP contribution in [0.1, 0.15) is 22.6 Å². The van der Waals surface area contributed by atoms with Crippen LogP contribution in [-0.2, 0) is 25.7 Å². The molecule has 0 atom stereocenters. The molecule has 2 aromatic heterocycles. The Morgan fingerprint density at radius 1 is 1.03 bits per heavy atom. The Labute approximate surface area is 193 Å². The number of aromatic nitrogens is 2. The van der Waals surface area contributed by atoms with Crippen molar-refractivity contribution < 1.29 is 17.6 Å². The van der Waals surface area contributed by atoms with Crippen molar-refractivity contribution in [3.63, 3.8) is 0 Å². The molecule has 1 aliphatic heterocycles. The second kappa shape index (κ2) is 8.65. The summed E-state index contributed by atoms with van der Waals surface area (Å²) in [4.78, 5) is 11.5.